The second-order valence-electron chi connectivity index (χ2n) is 4.76. The van der Waals surface area contributed by atoms with Crippen LogP contribution in [0.5, 0.6) is 0 Å². The van der Waals surface area contributed by atoms with Gasteiger partial charge in [-0.05, 0) is 44.6 Å². The molecule has 2 fully saturated rings. The molecule has 1 saturated heterocycles. The van der Waals surface area contributed by atoms with Crippen molar-refractivity contribution in [2.45, 2.75) is 37.7 Å². The Morgan fingerprint density at radius 1 is 1.29 bits per heavy atom. The van der Waals surface area contributed by atoms with Crippen molar-refractivity contribution >= 4 is 0 Å². The Bertz CT molecular complexity index is 174. The van der Waals surface area contributed by atoms with Gasteiger partial charge in [0.2, 0.25) is 0 Å². The first-order valence-electron chi connectivity index (χ1n) is 5.79. The number of hydrogen-bond donors (Lipinski definition) is 2. The largest absolute Gasteiger partial charge is 0.389 e. The lowest BCUT2D eigenvalue weighted by Gasteiger charge is -2.37. The maximum absolute atomic E-state index is 9.85. The van der Waals surface area contributed by atoms with Crippen LogP contribution < -0.4 is 5.32 Å². The third-order valence-electron chi connectivity index (χ3n) is 3.51. The molecule has 0 aromatic carbocycles. The third-order valence-corrected chi connectivity index (χ3v) is 3.51. The molecule has 2 N–H and O–H groups in total. The van der Waals surface area contributed by atoms with Crippen LogP contribution in [0.1, 0.15) is 32.1 Å². The number of nitrogens with one attached hydrogen (secondary N) is 1. The summed E-state index contributed by atoms with van der Waals surface area (Å²) in [5.74, 6) is 0.757. The van der Waals surface area contributed by atoms with E-state index in [1.807, 2.05) is 0 Å². The Balaban J connectivity index is 1.57. The molecule has 2 rings (SSSR count). The monoisotopic (exact) mass is 199 g/mol. The zero-order chi connectivity index (χ0) is 9.86. The molecule has 0 amide bonds. The quantitative estimate of drug-likeness (QED) is 0.707. The van der Waals surface area contributed by atoms with Gasteiger partial charge in [-0.1, -0.05) is 0 Å². The molecule has 0 bridgehead atoms. The number of hydrogen-bond acceptors (Lipinski definition) is 3. The van der Waals surface area contributed by atoms with E-state index in [-0.39, 0.29) is 5.60 Å². The van der Waals surface area contributed by atoms with Crippen LogP contribution in [0.25, 0.3) is 0 Å². The Morgan fingerprint density at radius 2 is 2.00 bits per heavy atom. The van der Waals surface area contributed by atoms with E-state index >= 15 is 0 Å². The average Bonchev–Trinajstić information content (AvgIpc) is 2.17. The maximum atomic E-state index is 9.85. The van der Waals surface area contributed by atoms with E-state index in [0.29, 0.717) is 0 Å². The van der Waals surface area contributed by atoms with Gasteiger partial charge in [-0.15, -0.1) is 0 Å². The topological polar surface area (TPSA) is 41.5 Å². The summed E-state index contributed by atoms with van der Waals surface area (Å²) >= 11 is 0. The van der Waals surface area contributed by atoms with Gasteiger partial charge in [-0.2, -0.15) is 0 Å². The van der Waals surface area contributed by atoms with Crippen LogP contribution in [-0.4, -0.2) is 37.0 Å². The minimum Gasteiger partial charge on any atom is -0.389 e. The van der Waals surface area contributed by atoms with Crippen molar-refractivity contribution < 1.29 is 9.84 Å². The van der Waals surface area contributed by atoms with Crippen LogP contribution in [0.15, 0.2) is 0 Å². The SMILES string of the molecule is OC1(CNCC2CCOCC2)CCC1. The zero-order valence-electron chi connectivity index (χ0n) is 8.80. The normalized spacial score (nSPS) is 27.2. The van der Waals surface area contributed by atoms with E-state index in [1.165, 1.54) is 19.3 Å². The van der Waals surface area contributed by atoms with Gasteiger partial charge in [0.15, 0.2) is 0 Å². The highest BCUT2D eigenvalue weighted by Crippen LogP contribution is 2.30. The molecule has 0 unspecified atom stereocenters. The van der Waals surface area contributed by atoms with Crippen molar-refractivity contribution in [3.63, 3.8) is 0 Å². The van der Waals surface area contributed by atoms with Gasteiger partial charge >= 0.3 is 0 Å². The van der Waals surface area contributed by atoms with Crippen LogP contribution in [0.2, 0.25) is 0 Å². The summed E-state index contributed by atoms with van der Waals surface area (Å²) in [7, 11) is 0. The van der Waals surface area contributed by atoms with E-state index in [2.05, 4.69) is 5.32 Å². The maximum Gasteiger partial charge on any atom is 0.0771 e. The highest BCUT2D eigenvalue weighted by Gasteiger charge is 2.33. The van der Waals surface area contributed by atoms with Gasteiger partial charge < -0.3 is 15.2 Å². The second-order valence-corrected chi connectivity index (χ2v) is 4.76. The smallest absolute Gasteiger partial charge is 0.0771 e. The Labute approximate surface area is 85.8 Å². The lowest BCUT2D eigenvalue weighted by atomic mass is 9.80. The lowest BCUT2D eigenvalue weighted by Crippen LogP contribution is -2.47. The molecule has 0 aromatic heterocycles. The molecule has 1 aliphatic heterocycles. The van der Waals surface area contributed by atoms with Crippen molar-refractivity contribution in [1.29, 1.82) is 0 Å². The standard InChI is InChI=1S/C11H21NO2/c13-11(4-1-5-11)9-12-8-10-2-6-14-7-3-10/h10,12-13H,1-9H2. The zero-order valence-corrected chi connectivity index (χ0v) is 8.80. The number of aliphatic hydroxyl groups is 1. The Kier molecular flexibility index (Phi) is 3.42. The van der Waals surface area contributed by atoms with E-state index in [4.69, 9.17) is 4.74 Å². The van der Waals surface area contributed by atoms with E-state index in [9.17, 15) is 5.11 Å². The molecular formula is C11H21NO2. The summed E-state index contributed by atoms with van der Waals surface area (Å²) in [6, 6.07) is 0. The van der Waals surface area contributed by atoms with Crippen LogP contribution in [-0.2, 0) is 4.74 Å². The first-order chi connectivity index (χ1) is 6.79. The van der Waals surface area contributed by atoms with Gasteiger partial charge in [-0.25, -0.2) is 0 Å². The molecule has 1 aliphatic carbocycles. The van der Waals surface area contributed by atoms with E-state index < -0.39 is 0 Å². The summed E-state index contributed by atoms with van der Waals surface area (Å²) in [6.45, 7) is 3.66. The Morgan fingerprint density at radius 3 is 2.57 bits per heavy atom. The first kappa shape index (κ1) is 10.4. The van der Waals surface area contributed by atoms with Crippen molar-refractivity contribution in [2.24, 2.45) is 5.92 Å². The fourth-order valence-corrected chi connectivity index (χ4v) is 2.22. The van der Waals surface area contributed by atoms with E-state index in [0.717, 1.165) is 45.1 Å². The van der Waals surface area contributed by atoms with Crippen LogP contribution in [0.3, 0.4) is 0 Å². The highest BCUT2D eigenvalue weighted by molar-refractivity contribution is 4.89. The third kappa shape index (κ3) is 2.69. The van der Waals surface area contributed by atoms with Crippen LogP contribution in [0, 0.1) is 5.92 Å². The molecular weight excluding hydrogens is 178 g/mol. The van der Waals surface area contributed by atoms with E-state index in [1.54, 1.807) is 0 Å². The number of rotatable bonds is 4. The van der Waals surface area contributed by atoms with Crippen LogP contribution in [0.4, 0.5) is 0 Å². The van der Waals surface area contributed by atoms with Crippen molar-refractivity contribution in [1.82, 2.24) is 5.32 Å². The lowest BCUT2D eigenvalue weighted by molar-refractivity contribution is -0.0327. The average molecular weight is 199 g/mol. The Hall–Kier alpha value is -0.120. The first-order valence-corrected chi connectivity index (χ1v) is 5.79. The molecule has 14 heavy (non-hydrogen) atoms. The summed E-state index contributed by atoms with van der Waals surface area (Å²) in [5, 5.41) is 13.2. The second kappa shape index (κ2) is 4.60. The van der Waals surface area contributed by atoms with Gasteiger partial charge in [0.1, 0.15) is 0 Å². The fraction of sp³-hybridized carbons (Fsp3) is 1.00. The predicted molar refractivity (Wildman–Crippen MR) is 55.2 cm³/mol. The number of ether oxygens (including phenoxy) is 1. The van der Waals surface area contributed by atoms with Crippen molar-refractivity contribution in [3.8, 4) is 0 Å². The molecule has 82 valence electrons. The molecule has 1 heterocycles. The molecule has 0 atom stereocenters. The molecule has 1 saturated carbocycles. The predicted octanol–water partition coefficient (Wildman–Crippen LogP) is 0.918. The molecule has 0 aromatic rings. The van der Waals surface area contributed by atoms with Crippen LogP contribution >= 0.6 is 0 Å². The van der Waals surface area contributed by atoms with Gasteiger partial charge in [0, 0.05) is 19.8 Å². The molecule has 3 nitrogen and oxygen atoms in total. The summed E-state index contributed by atoms with van der Waals surface area (Å²) in [6.07, 6.45) is 5.49. The fourth-order valence-electron chi connectivity index (χ4n) is 2.22. The molecule has 0 radical (unpaired) electrons. The highest BCUT2D eigenvalue weighted by atomic mass is 16.5. The van der Waals surface area contributed by atoms with Crippen molar-refractivity contribution in [2.75, 3.05) is 26.3 Å². The van der Waals surface area contributed by atoms with Gasteiger partial charge in [0.25, 0.3) is 0 Å². The minimum atomic E-state index is -0.370. The summed E-state index contributed by atoms with van der Waals surface area (Å²) < 4.78 is 5.30. The molecule has 2 aliphatic rings. The van der Waals surface area contributed by atoms with Crippen molar-refractivity contribution in [3.05, 3.63) is 0 Å². The van der Waals surface area contributed by atoms with Gasteiger partial charge in [-0.3, -0.25) is 0 Å². The molecule has 0 spiro atoms. The van der Waals surface area contributed by atoms with Gasteiger partial charge in [0.05, 0.1) is 5.60 Å². The summed E-state index contributed by atoms with van der Waals surface area (Å²) in [5.41, 5.74) is -0.370. The summed E-state index contributed by atoms with van der Waals surface area (Å²) in [4.78, 5) is 0. The molecule has 3 heteroatoms. The minimum absolute atomic E-state index is 0.370.